The maximum absolute atomic E-state index is 14.8. The summed E-state index contributed by atoms with van der Waals surface area (Å²) in [6.45, 7) is 5.75. The van der Waals surface area contributed by atoms with E-state index in [1.54, 1.807) is 6.92 Å². The van der Waals surface area contributed by atoms with Crippen LogP contribution in [-0.4, -0.2) is 18.8 Å². The molecule has 1 N–H and O–H groups in total. The monoisotopic (exact) mass is 235 g/mol. The first-order chi connectivity index (χ1) is 8.09. The maximum Gasteiger partial charge on any atom is 0.115 e. The third-order valence-electron chi connectivity index (χ3n) is 3.99. The summed E-state index contributed by atoms with van der Waals surface area (Å²) in [6.07, 6.45) is 2.46. The zero-order valence-electron chi connectivity index (χ0n) is 10.8. The van der Waals surface area contributed by atoms with Gasteiger partial charge in [0.15, 0.2) is 0 Å². The van der Waals surface area contributed by atoms with E-state index in [0.29, 0.717) is 6.42 Å². The van der Waals surface area contributed by atoms with Gasteiger partial charge in [0.05, 0.1) is 0 Å². The fourth-order valence-corrected chi connectivity index (χ4v) is 2.75. The lowest BCUT2D eigenvalue weighted by Gasteiger charge is -2.34. The molecule has 0 saturated carbocycles. The molecule has 1 nitrogen and oxygen atoms in total. The number of alkyl halides is 1. The Morgan fingerprint density at radius 3 is 2.59 bits per heavy atom. The van der Waals surface area contributed by atoms with E-state index in [4.69, 9.17) is 0 Å². The van der Waals surface area contributed by atoms with Crippen molar-refractivity contribution in [2.45, 2.75) is 38.8 Å². The molecule has 1 aliphatic rings. The Bertz CT molecular complexity index is 367. The first-order valence-corrected chi connectivity index (χ1v) is 6.54. The van der Waals surface area contributed by atoms with Crippen LogP contribution in [0.2, 0.25) is 0 Å². The molecule has 1 saturated heterocycles. The Morgan fingerprint density at radius 1 is 1.29 bits per heavy atom. The number of hydrogen-bond acceptors (Lipinski definition) is 1. The highest BCUT2D eigenvalue weighted by Gasteiger charge is 2.35. The number of hydrogen-bond donors (Lipinski definition) is 1. The Hall–Kier alpha value is -0.890. The molecule has 2 rings (SSSR count). The molecule has 1 unspecified atom stereocenters. The highest BCUT2D eigenvalue weighted by molar-refractivity contribution is 5.27. The number of benzene rings is 1. The van der Waals surface area contributed by atoms with E-state index >= 15 is 0 Å². The maximum atomic E-state index is 14.8. The van der Waals surface area contributed by atoms with Crippen molar-refractivity contribution in [1.29, 1.82) is 0 Å². The average molecular weight is 235 g/mol. The second-order valence-electron chi connectivity index (χ2n) is 5.41. The van der Waals surface area contributed by atoms with Crippen LogP contribution in [0.5, 0.6) is 0 Å². The molecule has 0 aliphatic carbocycles. The minimum atomic E-state index is -1.08. The Balaban J connectivity index is 2.08. The van der Waals surface area contributed by atoms with Crippen molar-refractivity contribution >= 4 is 0 Å². The summed E-state index contributed by atoms with van der Waals surface area (Å²) in [5.41, 5.74) is 1.27. The van der Waals surface area contributed by atoms with Crippen LogP contribution >= 0.6 is 0 Å². The van der Waals surface area contributed by atoms with Gasteiger partial charge in [-0.1, -0.05) is 24.3 Å². The lowest BCUT2D eigenvalue weighted by atomic mass is 9.79. The number of aryl methyl sites for hydroxylation is 1. The molecule has 94 valence electrons. The lowest BCUT2D eigenvalue weighted by molar-refractivity contribution is 0.0794. The van der Waals surface area contributed by atoms with Crippen LogP contribution in [0.3, 0.4) is 0 Å². The van der Waals surface area contributed by atoms with Gasteiger partial charge < -0.3 is 5.32 Å². The van der Waals surface area contributed by atoms with Crippen molar-refractivity contribution in [3.8, 4) is 0 Å². The van der Waals surface area contributed by atoms with E-state index in [1.165, 1.54) is 5.56 Å². The van der Waals surface area contributed by atoms with Crippen molar-refractivity contribution in [2.75, 3.05) is 13.1 Å². The van der Waals surface area contributed by atoms with Crippen molar-refractivity contribution in [3.63, 3.8) is 0 Å². The van der Waals surface area contributed by atoms with E-state index in [1.807, 2.05) is 18.2 Å². The van der Waals surface area contributed by atoms with Crippen molar-refractivity contribution in [2.24, 2.45) is 5.92 Å². The van der Waals surface area contributed by atoms with Gasteiger partial charge in [-0.05, 0) is 56.8 Å². The van der Waals surface area contributed by atoms with Gasteiger partial charge >= 0.3 is 0 Å². The molecule has 1 aromatic carbocycles. The molecule has 1 aliphatic heterocycles. The van der Waals surface area contributed by atoms with E-state index in [0.717, 1.165) is 31.5 Å². The van der Waals surface area contributed by atoms with Crippen molar-refractivity contribution in [1.82, 2.24) is 5.32 Å². The van der Waals surface area contributed by atoms with Gasteiger partial charge in [0.25, 0.3) is 0 Å². The van der Waals surface area contributed by atoms with Crippen LogP contribution in [0.25, 0.3) is 0 Å². The zero-order chi connectivity index (χ0) is 12.3. The van der Waals surface area contributed by atoms with E-state index < -0.39 is 5.67 Å². The van der Waals surface area contributed by atoms with Crippen molar-refractivity contribution in [3.05, 3.63) is 35.4 Å². The number of rotatable bonds is 3. The quantitative estimate of drug-likeness (QED) is 0.848. The first kappa shape index (κ1) is 12.6. The molecule has 1 atom stereocenters. The summed E-state index contributed by atoms with van der Waals surface area (Å²) < 4.78 is 14.8. The minimum Gasteiger partial charge on any atom is -0.317 e. The Morgan fingerprint density at radius 2 is 1.94 bits per heavy atom. The Labute approximate surface area is 103 Å². The summed E-state index contributed by atoms with van der Waals surface area (Å²) >= 11 is 0. The molecule has 0 spiro atoms. The average Bonchev–Trinajstić information content (AvgIpc) is 2.33. The summed E-state index contributed by atoms with van der Waals surface area (Å²) in [5, 5.41) is 3.30. The third-order valence-corrected chi connectivity index (χ3v) is 3.99. The summed E-state index contributed by atoms with van der Waals surface area (Å²) in [7, 11) is 0. The van der Waals surface area contributed by atoms with Gasteiger partial charge in [-0.25, -0.2) is 4.39 Å². The SMILES string of the molecule is Cc1ccccc1CC(C)(F)C1CCNCC1. The van der Waals surface area contributed by atoms with Crippen LogP contribution in [0, 0.1) is 12.8 Å². The fourth-order valence-electron chi connectivity index (χ4n) is 2.75. The van der Waals surface area contributed by atoms with Crippen LogP contribution in [0.15, 0.2) is 24.3 Å². The number of piperidine rings is 1. The summed E-state index contributed by atoms with van der Waals surface area (Å²) in [5.74, 6) is 0.198. The third kappa shape index (κ3) is 3.06. The molecular weight excluding hydrogens is 213 g/mol. The number of halogens is 1. The molecule has 17 heavy (non-hydrogen) atoms. The predicted octanol–water partition coefficient (Wildman–Crippen LogP) is 3.27. The highest BCUT2D eigenvalue weighted by atomic mass is 19.1. The Kier molecular flexibility index (Phi) is 3.82. The van der Waals surface area contributed by atoms with Crippen molar-refractivity contribution < 1.29 is 4.39 Å². The molecule has 1 fully saturated rings. The molecule has 1 aromatic rings. The van der Waals surface area contributed by atoms with Crippen LogP contribution in [-0.2, 0) is 6.42 Å². The molecule has 1 heterocycles. The molecule has 0 radical (unpaired) electrons. The minimum absolute atomic E-state index is 0.198. The lowest BCUT2D eigenvalue weighted by Crippen LogP contribution is -2.40. The molecular formula is C15H22FN. The van der Waals surface area contributed by atoms with Gasteiger partial charge in [0, 0.05) is 6.42 Å². The first-order valence-electron chi connectivity index (χ1n) is 6.54. The molecule has 0 amide bonds. The van der Waals surface area contributed by atoms with Gasteiger partial charge in [-0.2, -0.15) is 0 Å². The molecule has 0 bridgehead atoms. The normalized spacial score (nSPS) is 21.1. The second kappa shape index (κ2) is 5.18. The summed E-state index contributed by atoms with van der Waals surface area (Å²) in [6, 6.07) is 8.13. The van der Waals surface area contributed by atoms with Gasteiger partial charge in [0.1, 0.15) is 5.67 Å². The van der Waals surface area contributed by atoms with Crippen LogP contribution in [0.1, 0.15) is 30.9 Å². The second-order valence-corrected chi connectivity index (χ2v) is 5.41. The van der Waals surface area contributed by atoms with E-state index in [9.17, 15) is 4.39 Å². The van der Waals surface area contributed by atoms with E-state index in [2.05, 4.69) is 18.3 Å². The molecule has 2 heteroatoms. The van der Waals surface area contributed by atoms with Gasteiger partial charge in [-0.3, -0.25) is 0 Å². The zero-order valence-corrected chi connectivity index (χ0v) is 10.8. The highest BCUT2D eigenvalue weighted by Crippen LogP contribution is 2.33. The van der Waals surface area contributed by atoms with Gasteiger partial charge in [-0.15, -0.1) is 0 Å². The van der Waals surface area contributed by atoms with Crippen LogP contribution in [0.4, 0.5) is 4.39 Å². The van der Waals surface area contributed by atoms with Crippen LogP contribution < -0.4 is 5.32 Å². The topological polar surface area (TPSA) is 12.0 Å². The standard InChI is InChI=1S/C15H22FN/c1-12-5-3-4-6-13(12)11-15(2,16)14-7-9-17-10-8-14/h3-6,14,17H,7-11H2,1-2H3. The predicted molar refractivity (Wildman–Crippen MR) is 70.0 cm³/mol. The molecule has 0 aromatic heterocycles. The smallest absolute Gasteiger partial charge is 0.115 e. The largest absolute Gasteiger partial charge is 0.317 e. The number of nitrogens with one attached hydrogen (secondary N) is 1. The fraction of sp³-hybridized carbons (Fsp3) is 0.600. The van der Waals surface area contributed by atoms with Gasteiger partial charge in [0.2, 0.25) is 0 Å². The summed E-state index contributed by atoms with van der Waals surface area (Å²) in [4.78, 5) is 0. The van der Waals surface area contributed by atoms with E-state index in [-0.39, 0.29) is 5.92 Å².